The molecule has 0 aromatic carbocycles. The fourth-order valence-corrected chi connectivity index (χ4v) is 1.83. The number of pyridine rings is 1. The molecule has 0 atom stereocenters. The molecule has 0 fully saturated rings. The van der Waals surface area contributed by atoms with Crippen LogP contribution in [-0.4, -0.2) is 14.5 Å². The van der Waals surface area contributed by atoms with E-state index in [1.807, 2.05) is 26.0 Å². The van der Waals surface area contributed by atoms with Gasteiger partial charge in [0.2, 0.25) is 0 Å². The van der Waals surface area contributed by atoms with Gasteiger partial charge in [-0.15, -0.1) is 0 Å². The van der Waals surface area contributed by atoms with Crippen molar-refractivity contribution in [3.05, 3.63) is 34.5 Å². The monoisotopic (exact) mass is 231 g/mol. The highest BCUT2D eigenvalue weighted by Crippen LogP contribution is 2.17. The van der Waals surface area contributed by atoms with E-state index in [2.05, 4.69) is 23.8 Å². The molecule has 4 heteroatoms. The molecule has 0 saturated heterocycles. The molecular weight excluding hydrogens is 214 g/mol. The first-order valence-electron chi connectivity index (χ1n) is 5.89. The Hall–Kier alpha value is -1.71. The lowest BCUT2D eigenvalue weighted by atomic mass is 10.1. The first-order chi connectivity index (χ1) is 8.00. The van der Waals surface area contributed by atoms with E-state index in [9.17, 15) is 4.79 Å². The summed E-state index contributed by atoms with van der Waals surface area (Å²) < 4.78 is 1.64. The molecule has 0 aliphatic heterocycles. The molecule has 0 radical (unpaired) electrons. The Bertz CT molecular complexity index is 599. The highest BCUT2D eigenvalue weighted by Gasteiger charge is 2.10. The standard InChI is InChI=1S/C13H17N3O/c1-8(2)11-6-5-10-7-14-13(17)16(9(3)4)12(10)15-11/h5-9H,1-4H3. The molecule has 17 heavy (non-hydrogen) atoms. The Balaban J connectivity index is 2.81. The van der Waals surface area contributed by atoms with Gasteiger partial charge < -0.3 is 0 Å². The summed E-state index contributed by atoms with van der Waals surface area (Å²) in [5.74, 6) is 0.350. The zero-order valence-electron chi connectivity index (χ0n) is 10.6. The second-order valence-electron chi connectivity index (χ2n) is 4.81. The molecule has 0 aliphatic rings. The first kappa shape index (κ1) is 11.8. The predicted molar refractivity (Wildman–Crippen MR) is 68.3 cm³/mol. The average molecular weight is 231 g/mol. The van der Waals surface area contributed by atoms with Gasteiger partial charge in [-0.2, -0.15) is 0 Å². The highest BCUT2D eigenvalue weighted by molar-refractivity contribution is 5.74. The van der Waals surface area contributed by atoms with Crippen molar-refractivity contribution in [1.82, 2.24) is 14.5 Å². The Kier molecular flexibility index (Phi) is 2.96. The van der Waals surface area contributed by atoms with Gasteiger partial charge in [0, 0.05) is 23.3 Å². The summed E-state index contributed by atoms with van der Waals surface area (Å²) in [6.45, 7) is 8.11. The van der Waals surface area contributed by atoms with Crippen molar-refractivity contribution in [3.63, 3.8) is 0 Å². The second-order valence-corrected chi connectivity index (χ2v) is 4.81. The van der Waals surface area contributed by atoms with E-state index in [0.717, 1.165) is 16.7 Å². The normalized spacial score (nSPS) is 11.6. The van der Waals surface area contributed by atoms with Gasteiger partial charge in [-0.3, -0.25) is 4.57 Å². The first-order valence-corrected chi connectivity index (χ1v) is 5.89. The van der Waals surface area contributed by atoms with Crippen molar-refractivity contribution < 1.29 is 0 Å². The lowest BCUT2D eigenvalue weighted by molar-refractivity contribution is 0.579. The second kappa shape index (κ2) is 4.28. The van der Waals surface area contributed by atoms with Crippen LogP contribution in [0.15, 0.2) is 23.1 Å². The van der Waals surface area contributed by atoms with Crippen molar-refractivity contribution in [2.45, 2.75) is 39.7 Å². The van der Waals surface area contributed by atoms with Gasteiger partial charge in [-0.05, 0) is 31.9 Å². The van der Waals surface area contributed by atoms with E-state index >= 15 is 0 Å². The van der Waals surface area contributed by atoms with Crippen LogP contribution in [0.1, 0.15) is 45.3 Å². The molecule has 0 unspecified atom stereocenters. The molecular formula is C13H17N3O. The van der Waals surface area contributed by atoms with Crippen LogP contribution in [0.25, 0.3) is 11.0 Å². The topological polar surface area (TPSA) is 47.8 Å². The van der Waals surface area contributed by atoms with Crippen molar-refractivity contribution in [1.29, 1.82) is 0 Å². The minimum atomic E-state index is -0.235. The van der Waals surface area contributed by atoms with Crippen molar-refractivity contribution in [2.24, 2.45) is 0 Å². The molecule has 0 saturated carbocycles. The van der Waals surface area contributed by atoms with E-state index in [1.165, 1.54) is 0 Å². The zero-order valence-corrected chi connectivity index (χ0v) is 10.6. The minimum Gasteiger partial charge on any atom is -0.274 e. The number of rotatable bonds is 2. The molecule has 2 heterocycles. The molecule has 0 N–H and O–H groups in total. The van der Waals surface area contributed by atoms with Gasteiger partial charge >= 0.3 is 5.69 Å². The summed E-state index contributed by atoms with van der Waals surface area (Å²) in [5, 5.41) is 0.905. The van der Waals surface area contributed by atoms with Crippen LogP contribution in [0.5, 0.6) is 0 Å². The summed E-state index contributed by atoms with van der Waals surface area (Å²) >= 11 is 0. The van der Waals surface area contributed by atoms with Crippen LogP contribution < -0.4 is 5.69 Å². The van der Waals surface area contributed by atoms with Crippen LogP contribution in [0.3, 0.4) is 0 Å². The number of hydrogen-bond acceptors (Lipinski definition) is 3. The van der Waals surface area contributed by atoms with Crippen LogP contribution >= 0.6 is 0 Å². The molecule has 90 valence electrons. The Morgan fingerprint density at radius 2 is 1.88 bits per heavy atom. The summed E-state index contributed by atoms with van der Waals surface area (Å²) in [5.41, 5.74) is 1.49. The lowest BCUT2D eigenvalue weighted by Gasteiger charge is -2.13. The lowest BCUT2D eigenvalue weighted by Crippen LogP contribution is -2.25. The van der Waals surface area contributed by atoms with Crippen LogP contribution in [0.4, 0.5) is 0 Å². The SMILES string of the molecule is CC(C)c1ccc2cnc(=O)n(C(C)C)c2n1. The summed E-state index contributed by atoms with van der Waals surface area (Å²) in [7, 11) is 0. The maximum absolute atomic E-state index is 11.8. The highest BCUT2D eigenvalue weighted by atomic mass is 16.1. The van der Waals surface area contributed by atoms with Gasteiger partial charge in [0.25, 0.3) is 0 Å². The predicted octanol–water partition coefficient (Wildman–Crippen LogP) is 2.50. The van der Waals surface area contributed by atoms with E-state index in [-0.39, 0.29) is 11.7 Å². The van der Waals surface area contributed by atoms with Crippen LogP contribution in [-0.2, 0) is 0 Å². The van der Waals surface area contributed by atoms with Gasteiger partial charge in [-0.25, -0.2) is 14.8 Å². The average Bonchev–Trinajstić information content (AvgIpc) is 2.27. The van der Waals surface area contributed by atoms with Crippen molar-refractivity contribution >= 4 is 11.0 Å². The van der Waals surface area contributed by atoms with E-state index < -0.39 is 0 Å². The van der Waals surface area contributed by atoms with E-state index in [1.54, 1.807) is 10.8 Å². The van der Waals surface area contributed by atoms with Crippen molar-refractivity contribution in [2.75, 3.05) is 0 Å². The van der Waals surface area contributed by atoms with Gasteiger partial charge in [0.15, 0.2) is 0 Å². The summed E-state index contributed by atoms with van der Waals surface area (Å²) in [4.78, 5) is 20.2. The summed E-state index contributed by atoms with van der Waals surface area (Å²) in [6, 6.07) is 4.03. The minimum absolute atomic E-state index is 0.0635. The van der Waals surface area contributed by atoms with E-state index in [0.29, 0.717) is 5.92 Å². The van der Waals surface area contributed by atoms with Gasteiger partial charge in [-0.1, -0.05) is 13.8 Å². The zero-order chi connectivity index (χ0) is 12.6. The fourth-order valence-electron chi connectivity index (χ4n) is 1.83. The fraction of sp³-hybridized carbons (Fsp3) is 0.462. The Labute approximate surface area is 100 Å². The number of nitrogens with zero attached hydrogens (tertiary/aromatic N) is 3. The maximum atomic E-state index is 11.8. The molecule has 0 spiro atoms. The number of aromatic nitrogens is 3. The molecule has 2 rings (SSSR count). The third-order valence-electron chi connectivity index (χ3n) is 2.78. The smallest absolute Gasteiger partial charge is 0.274 e. The van der Waals surface area contributed by atoms with Crippen LogP contribution in [0, 0.1) is 0 Å². The largest absolute Gasteiger partial charge is 0.349 e. The molecule has 0 amide bonds. The molecule has 0 bridgehead atoms. The molecule has 0 aliphatic carbocycles. The summed E-state index contributed by atoms with van der Waals surface area (Å²) in [6.07, 6.45) is 1.59. The third-order valence-corrected chi connectivity index (χ3v) is 2.78. The Morgan fingerprint density at radius 1 is 1.18 bits per heavy atom. The number of hydrogen-bond donors (Lipinski definition) is 0. The molecule has 4 nitrogen and oxygen atoms in total. The molecule has 2 aromatic heterocycles. The maximum Gasteiger partial charge on any atom is 0.349 e. The quantitative estimate of drug-likeness (QED) is 0.797. The number of fused-ring (bicyclic) bond motifs is 1. The van der Waals surface area contributed by atoms with Gasteiger partial charge in [0.1, 0.15) is 5.65 Å². The third kappa shape index (κ3) is 2.07. The molecule has 2 aromatic rings. The van der Waals surface area contributed by atoms with Crippen LogP contribution in [0.2, 0.25) is 0 Å². The van der Waals surface area contributed by atoms with Gasteiger partial charge in [0.05, 0.1) is 0 Å². The Morgan fingerprint density at radius 3 is 2.47 bits per heavy atom. The van der Waals surface area contributed by atoms with E-state index in [4.69, 9.17) is 0 Å². The van der Waals surface area contributed by atoms with Crippen molar-refractivity contribution in [3.8, 4) is 0 Å².